The number of methoxy groups -OCH3 is 1. The first-order valence-electron chi connectivity index (χ1n) is 6.01. The van der Waals surface area contributed by atoms with Gasteiger partial charge in [-0.15, -0.1) is 0 Å². The van der Waals surface area contributed by atoms with Crippen molar-refractivity contribution in [1.29, 1.82) is 0 Å². The van der Waals surface area contributed by atoms with Crippen LogP contribution in [0, 0.1) is 15.9 Å². The van der Waals surface area contributed by atoms with E-state index in [2.05, 4.69) is 21.2 Å². The van der Waals surface area contributed by atoms with Gasteiger partial charge in [-0.05, 0) is 45.8 Å². The number of benzene rings is 2. The fourth-order valence-corrected chi connectivity index (χ4v) is 2.33. The highest BCUT2D eigenvalue weighted by Gasteiger charge is 2.13. The molecule has 0 aliphatic carbocycles. The topological polar surface area (TPSA) is 64.4 Å². The molecular formula is C14H12BrFN2O3. The van der Waals surface area contributed by atoms with Crippen molar-refractivity contribution < 1.29 is 14.1 Å². The third kappa shape index (κ3) is 3.69. The van der Waals surface area contributed by atoms with Crippen LogP contribution in [0.4, 0.5) is 15.8 Å². The second kappa shape index (κ2) is 6.53. The Balaban J connectivity index is 2.08. The van der Waals surface area contributed by atoms with Gasteiger partial charge in [-0.3, -0.25) is 10.1 Å². The van der Waals surface area contributed by atoms with Crippen LogP contribution in [0.1, 0.15) is 5.56 Å². The van der Waals surface area contributed by atoms with Gasteiger partial charge in [-0.1, -0.05) is 6.07 Å². The van der Waals surface area contributed by atoms with E-state index >= 15 is 0 Å². The minimum absolute atomic E-state index is 0.355. The summed E-state index contributed by atoms with van der Waals surface area (Å²) >= 11 is 3.37. The van der Waals surface area contributed by atoms with Crippen LogP contribution in [0.3, 0.4) is 0 Å². The number of nitro groups is 1. The van der Waals surface area contributed by atoms with Crippen LogP contribution in [0.5, 0.6) is 5.75 Å². The summed E-state index contributed by atoms with van der Waals surface area (Å²) in [5, 5.41) is 13.7. The van der Waals surface area contributed by atoms with Crippen LogP contribution >= 0.6 is 15.9 Å². The summed E-state index contributed by atoms with van der Waals surface area (Å²) in [7, 11) is 1.58. The molecule has 2 rings (SSSR count). The monoisotopic (exact) mass is 354 g/mol. The molecule has 2 aromatic carbocycles. The number of halogens is 2. The predicted octanol–water partition coefficient (Wildman–Crippen LogP) is 4.12. The lowest BCUT2D eigenvalue weighted by Crippen LogP contribution is -2.01. The lowest BCUT2D eigenvalue weighted by atomic mass is 10.2. The number of nitro benzene ring substituents is 1. The first-order chi connectivity index (χ1) is 10.0. The van der Waals surface area contributed by atoms with Crippen molar-refractivity contribution in [3.8, 4) is 5.75 Å². The van der Waals surface area contributed by atoms with Crippen molar-refractivity contribution in [2.75, 3.05) is 12.4 Å². The molecule has 1 N–H and O–H groups in total. The largest absolute Gasteiger partial charge is 0.496 e. The summed E-state index contributed by atoms with van der Waals surface area (Å²) in [6.45, 7) is 0.355. The van der Waals surface area contributed by atoms with Gasteiger partial charge in [-0.25, -0.2) is 0 Å². The Hall–Kier alpha value is -2.15. The van der Waals surface area contributed by atoms with Crippen LogP contribution in [0.2, 0.25) is 0 Å². The van der Waals surface area contributed by atoms with E-state index in [0.717, 1.165) is 22.3 Å². The molecule has 0 aromatic heterocycles. The van der Waals surface area contributed by atoms with Gasteiger partial charge in [-0.2, -0.15) is 4.39 Å². The van der Waals surface area contributed by atoms with Gasteiger partial charge in [0, 0.05) is 18.3 Å². The molecule has 0 saturated carbocycles. The average Bonchev–Trinajstić information content (AvgIpc) is 2.45. The Morgan fingerprint density at radius 2 is 2.10 bits per heavy atom. The molecule has 7 heteroatoms. The quantitative estimate of drug-likeness (QED) is 0.647. The Kier molecular flexibility index (Phi) is 4.74. The third-order valence-corrected chi connectivity index (χ3v) is 3.48. The van der Waals surface area contributed by atoms with E-state index in [4.69, 9.17) is 4.74 Å². The minimum Gasteiger partial charge on any atom is -0.496 e. The van der Waals surface area contributed by atoms with Crippen LogP contribution in [0.25, 0.3) is 0 Å². The van der Waals surface area contributed by atoms with Gasteiger partial charge in [0.05, 0.1) is 16.5 Å². The normalized spacial score (nSPS) is 10.2. The average molecular weight is 355 g/mol. The van der Waals surface area contributed by atoms with E-state index in [1.165, 1.54) is 6.07 Å². The standard InChI is InChI=1S/C14H12BrFN2O3/c1-21-14-5-3-10(7-11(14)15)17-8-9-2-4-13(18(19)20)12(16)6-9/h2-7,17H,8H2,1H3. The molecule has 0 spiro atoms. The Bertz CT molecular complexity index is 679. The van der Waals surface area contributed by atoms with E-state index in [0.29, 0.717) is 17.9 Å². The molecule has 0 aliphatic heterocycles. The molecular weight excluding hydrogens is 343 g/mol. The number of anilines is 1. The van der Waals surface area contributed by atoms with Crippen LogP contribution < -0.4 is 10.1 Å². The van der Waals surface area contributed by atoms with Crippen LogP contribution in [-0.4, -0.2) is 12.0 Å². The summed E-state index contributed by atoms with van der Waals surface area (Å²) in [6.07, 6.45) is 0. The lowest BCUT2D eigenvalue weighted by molar-refractivity contribution is -0.387. The second-order valence-electron chi connectivity index (χ2n) is 4.25. The van der Waals surface area contributed by atoms with Crippen molar-refractivity contribution in [2.24, 2.45) is 0 Å². The second-order valence-corrected chi connectivity index (χ2v) is 5.10. The highest BCUT2D eigenvalue weighted by molar-refractivity contribution is 9.10. The molecule has 2 aromatic rings. The molecule has 0 unspecified atom stereocenters. The van der Waals surface area contributed by atoms with Crippen LogP contribution in [-0.2, 0) is 6.54 Å². The highest BCUT2D eigenvalue weighted by atomic mass is 79.9. The molecule has 0 amide bonds. The Morgan fingerprint density at radius 1 is 1.33 bits per heavy atom. The number of rotatable bonds is 5. The van der Waals surface area contributed by atoms with E-state index < -0.39 is 16.4 Å². The van der Waals surface area contributed by atoms with Crippen LogP contribution in [0.15, 0.2) is 40.9 Å². The molecule has 0 heterocycles. The van der Waals surface area contributed by atoms with Gasteiger partial charge in [0.1, 0.15) is 5.75 Å². The minimum atomic E-state index is -0.838. The first-order valence-corrected chi connectivity index (χ1v) is 6.81. The van der Waals surface area contributed by atoms with E-state index in [1.54, 1.807) is 13.2 Å². The van der Waals surface area contributed by atoms with E-state index in [1.807, 2.05) is 12.1 Å². The molecule has 0 aliphatic rings. The fraction of sp³-hybridized carbons (Fsp3) is 0.143. The van der Waals surface area contributed by atoms with Crippen molar-refractivity contribution >= 4 is 27.3 Å². The molecule has 0 radical (unpaired) electrons. The summed E-state index contributed by atoms with van der Waals surface area (Å²) < 4.78 is 19.4. The summed E-state index contributed by atoms with van der Waals surface area (Å²) in [5.74, 6) is -0.128. The number of hydrogen-bond acceptors (Lipinski definition) is 4. The number of nitrogens with one attached hydrogen (secondary N) is 1. The maximum absolute atomic E-state index is 13.5. The van der Waals surface area contributed by atoms with Crippen molar-refractivity contribution in [2.45, 2.75) is 6.54 Å². The van der Waals surface area contributed by atoms with Crippen molar-refractivity contribution in [1.82, 2.24) is 0 Å². The molecule has 0 bridgehead atoms. The maximum Gasteiger partial charge on any atom is 0.304 e. The summed E-state index contributed by atoms with van der Waals surface area (Å²) in [6, 6.07) is 9.29. The molecule has 21 heavy (non-hydrogen) atoms. The van der Waals surface area contributed by atoms with E-state index in [-0.39, 0.29) is 0 Å². The zero-order valence-electron chi connectivity index (χ0n) is 11.1. The molecule has 5 nitrogen and oxygen atoms in total. The van der Waals surface area contributed by atoms with Gasteiger partial charge < -0.3 is 10.1 Å². The summed E-state index contributed by atoms with van der Waals surface area (Å²) in [5.41, 5.74) is 0.914. The smallest absolute Gasteiger partial charge is 0.304 e. The van der Waals surface area contributed by atoms with Gasteiger partial charge >= 0.3 is 5.69 Å². The lowest BCUT2D eigenvalue weighted by Gasteiger charge is -2.09. The third-order valence-electron chi connectivity index (χ3n) is 2.86. The van der Waals surface area contributed by atoms with E-state index in [9.17, 15) is 14.5 Å². The Labute approximate surface area is 129 Å². The molecule has 110 valence electrons. The number of nitrogens with zero attached hydrogens (tertiary/aromatic N) is 1. The number of ether oxygens (including phenoxy) is 1. The van der Waals surface area contributed by atoms with Gasteiger partial charge in [0.25, 0.3) is 0 Å². The first kappa shape index (κ1) is 15.2. The SMILES string of the molecule is COc1ccc(NCc2ccc([N+](=O)[O-])c(F)c2)cc1Br. The van der Waals surface area contributed by atoms with Gasteiger partial charge in [0.2, 0.25) is 5.82 Å². The maximum atomic E-state index is 13.5. The highest BCUT2D eigenvalue weighted by Crippen LogP contribution is 2.28. The molecule has 0 atom stereocenters. The molecule has 0 fully saturated rings. The number of hydrogen-bond donors (Lipinski definition) is 1. The summed E-state index contributed by atoms with van der Waals surface area (Å²) in [4.78, 5) is 9.80. The van der Waals surface area contributed by atoms with Gasteiger partial charge in [0.15, 0.2) is 0 Å². The Morgan fingerprint density at radius 3 is 2.67 bits per heavy atom. The fourth-order valence-electron chi connectivity index (χ4n) is 1.79. The predicted molar refractivity (Wildman–Crippen MR) is 81.1 cm³/mol. The zero-order valence-corrected chi connectivity index (χ0v) is 12.7. The zero-order chi connectivity index (χ0) is 15.4. The molecule has 0 saturated heterocycles. The van der Waals surface area contributed by atoms with Crippen molar-refractivity contribution in [3.05, 3.63) is 62.4 Å². The van der Waals surface area contributed by atoms with Crippen molar-refractivity contribution in [3.63, 3.8) is 0 Å².